The van der Waals surface area contributed by atoms with E-state index >= 15 is 0 Å². The number of aromatic nitrogens is 2. The summed E-state index contributed by atoms with van der Waals surface area (Å²) in [5.41, 5.74) is 1.06. The Labute approximate surface area is 152 Å². The summed E-state index contributed by atoms with van der Waals surface area (Å²) in [6.07, 6.45) is -2.15. The number of alkyl halides is 3. The van der Waals surface area contributed by atoms with Crippen molar-refractivity contribution >= 4 is 5.97 Å². The molecule has 0 amide bonds. The van der Waals surface area contributed by atoms with Crippen LogP contribution in [0.1, 0.15) is 24.4 Å². The van der Waals surface area contributed by atoms with Crippen molar-refractivity contribution in [2.75, 3.05) is 20.1 Å². The summed E-state index contributed by atoms with van der Waals surface area (Å²) in [7, 11) is 2.01. The van der Waals surface area contributed by atoms with Crippen LogP contribution in [0.15, 0.2) is 24.5 Å². The maximum Gasteiger partial charge on any atom is 0.491 e. The molecular formula is C18H17F4N3O2. The minimum absolute atomic E-state index is 0.110. The number of hydrogen-bond donors (Lipinski definition) is 0. The van der Waals surface area contributed by atoms with Crippen molar-refractivity contribution in [2.24, 2.45) is 5.92 Å². The van der Waals surface area contributed by atoms with Gasteiger partial charge in [-0.2, -0.15) is 13.2 Å². The second-order valence-electron chi connectivity index (χ2n) is 6.98. The third-order valence-electron chi connectivity index (χ3n) is 5.29. The van der Waals surface area contributed by atoms with E-state index in [0.29, 0.717) is 11.1 Å². The van der Waals surface area contributed by atoms with E-state index in [1.54, 1.807) is 10.6 Å². The number of benzene rings is 1. The third-order valence-corrected chi connectivity index (χ3v) is 5.29. The van der Waals surface area contributed by atoms with Crippen molar-refractivity contribution in [1.29, 1.82) is 0 Å². The minimum Gasteiger partial charge on any atom is -0.398 e. The van der Waals surface area contributed by atoms with Crippen LogP contribution in [-0.4, -0.2) is 46.7 Å². The van der Waals surface area contributed by atoms with Crippen LogP contribution in [0.5, 0.6) is 5.88 Å². The number of carbonyl (C=O) groups excluding carboxylic acids is 1. The molecule has 1 fully saturated rings. The predicted molar refractivity (Wildman–Crippen MR) is 87.7 cm³/mol. The van der Waals surface area contributed by atoms with E-state index in [1.807, 2.05) is 7.05 Å². The summed E-state index contributed by atoms with van der Waals surface area (Å²) in [5.74, 6) is -3.10. The van der Waals surface area contributed by atoms with Gasteiger partial charge in [0.25, 0.3) is 0 Å². The van der Waals surface area contributed by atoms with Gasteiger partial charge in [0.2, 0.25) is 5.88 Å². The average molecular weight is 383 g/mol. The normalized spacial score (nSPS) is 20.4. The lowest BCUT2D eigenvalue weighted by molar-refractivity contribution is -0.189. The van der Waals surface area contributed by atoms with Gasteiger partial charge in [0.1, 0.15) is 11.5 Å². The maximum atomic E-state index is 14.7. The molecule has 2 aliphatic heterocycles. The quantitative estimate of drug-likeness (QED) is 0.589. The van der Waals surface area contributed by atoms with Gasteiger partial charge in [-0.15, -0.1) is 0 Å². The van der Waals surface area contributed by atoms with Crippen molar-refractivity contribution in [3.05, 3.63) is 35.9 Å². The largest absolute Gasteiger partial charge is 0.491 e. The van der Waals surface area contributed by atoms with E-state index < -0.39 is 23.8 Å². The van der Waals surface area contributed by atoms with Crippen LogP contribution >= 0.6 is 0 Å². The number of rotatable bonds is 2. The van der Waals surface area contributed by atoms with E-state index in [2.05, 4.69) is 14.6 Å². The fraction of sp³-hybridized carbons (Fsp3) is 0.444. The van der Waals surface area contributed by atoms with Gasteiger partial charge in [0.15, 0.2) is 0 Å². The maximum absolute atomic E-state index is 14.7. The standard InChI is InChI=1S/C18H17F4N3O2/c1-24-7-5-10(6-8-24)14-13-11(3-2-4-12(13)19)15-16(23-9-25(14)15)27-17(26)18(20,21)22/h2-4,9-10,14H,5-8H2,1H3. The van der Waals surface area contributed by atoms with Crippen molar-refractivity contribution in [3.8, 4) is 17.1 Å². The zero-order valence-corrected chi connectivity index (χ0v) is 14.5. The topological polar surface area (TPSA) is 47.4 Å². The fourth-order valence-corrected chi connectivity index (χ4v) is 4.02. The smallest absolute Gasteiger partial charge is 0.398 e. The molecular weight excluding hydrogens is 366 g/mol. The van der Waals surface area contributed by atoms with E-state index in [9.17, 15) is 22.4 Å². The molecule has 4 rings (SSSR count). The molecule has 1 aromatic heterocycles. The van der Waals surface area contributed by atoms with E-state index in [-0.39, 0.29) is 17.7 Å². The lowest BCUT2D eigenvalue weighted by Gasteiger charge is -2.33. The Morgan fingerprint density at radius 2 is 1.96 bits per heavy atom. The molecule has 0 spiro atoms. The Kier molecular flexibility index (Phi) is 4.21. The van der Waals surface area contributed by atoms with Crippen LogP contribution in [0.25, 0.3) is 11.3 Å². The summed E-state index contributed by atoms with van der Waals surface area (Å²) in [4.78, 5) is 17.3. The number of ether oxygens (including phenoxy) is 1. The van der Waals surface area contributed by atoms with Crippen LogP contribution in [0, 0.1) is 11.7 Å². The highest BCUT2D eigenvalue weighted by Crippen LogP contribution is 2.49. The summed E-state index contributed by atoms with van der Waals surface area (Å²) >= 11 is 0. The molecule has 1 aromatic carbocycles. The van der Waals surface area contributed by atoms with E-state index in [4.69, 9.17) is 0 Å². The first-order chi connectivity index (χ1) is 12.8. The summed E-state index contributed by atoms with van der Waals surface area (Å²) < 4.78 is 58.5. The molecule has 1 saturated heterocycles. The highest BCUT2D eigenvalue weighted by molar-refractivity contribution is 5.81. The zero-order chi connectivity index (χ0) is 19.3. The van der Waals surface area contributed by atoms with Gasteiger partial charge < -0.3 is 14.2 Å². The number of carbonyl (C=O) groups is 1. The Balaban J connectivity index is 1.77. The number of fused-ring (bicyclic) bond motifs is 3. The molecule has 9 heteroatoms. The number of hydrogen-bond acceptors (Lipinski definition) is 4. The Hall–Kier alpha value is -2.42. The number of esters is 1. The molecule has 1 unspecified atom stereocenters. The average Bonchev–Trinajstić information content (AvgIpc) is 3.15. The summed E-state index contributed by atoms with van der Waals surface area (Å²) in [6.45, 7) is 1.70. The number of piperidine rings is 1. The molecule has 2 aromatic rings. The first-order valence-electron chi connectivity index (χ1n) is 8.60. The summed E-state index contributed by atoms with van der Waals surface area (Å²) in [5, 5.41) is 0. The Morgan fingerprint density at radius 1 is 1.26 bits per heavy atom. The zero-order valence-electron chi connectivity index (χ0n) is 14.5. The lowest BCUT2D eigenvalue weighted by atomic mass is 9.85. The van der Waals surface area contributed by atoms with Crippen molar-refractivity contribution in [3.63, 3.8) is 0 Å². The van der Waals surface area contributed by atoms with Gasteiger partial charge in [-0.05, 0) is 45.0 Å². The monoisotopic (exact) mass is 383 g/mol. The molecule has 0 N–H and O–H groups in total. The molecule has 0 bridgehead atoms. The van der Waals surface area contributed by atoms with E-state index in [0.717, 1.165) is 25.9 Å². The number of imidazole rings is 1. The molecule has 0 saturated carbocycles. The predicted octanol–water partition coefficient (Wildman–Crippen LogP) is 3.40. The molecule has 0 radical (unpaired) electrons. The second-order valence-corrected chi connectivity index (χ2v) is 6.98. The van der Waals surface area contributed by atoms with Gasteiger partial charge in [-0.25, -0.2) is 14.2 Å². The number of halogens is 4. The summed E-state index contributed by atoms with van der Waals surface area (Å²) in [6, 6.07) is 4.06. The first kappa shape index (κ1) is 18.0. The van der Waals surface area contributed by atoms with Gasteiger partial charge in [-0.3, -0.25) is 0 Å². The van der Waals surface area contributed by atoms with Crippen molar-refractivity contribution in [2.45, 2.75) is 25.1 Å². The number of likely N-dealkylation sites (tertiary alicyclic amines) is 1. The minimum atomic E-state index is -5.13. The van der Waals surface area contributed by atoms with Crippen LogP contribution in [-0.2, 0) is 4.79 Å². The van der Waals surface area contributed by atoms with E-state index in [1.165, 1.54) is 18.5 Å². The molecule has 3 heterocycles. The van der Waals surface area contributed by atoms with Gasteiger partial charge in [-0.1, -0.05) is 12.1 Å². The van der Waals surface area contributed by atoms with Crippen LogP contribution < -0.4 is 4.74 Å². The van der Waals surface area contributed by atoms with Gasteiger partial charge in [0.05, 0.1) is 12.4 Å². The van der Waals surface area contributed by atoms with Gasteiger partial charge in [0, 0.05) is 11.1 Å². The SMILES string of the molecule is CN1CCC(C2c3c(F)cccc3-c3c(OC(=O)C(F)(F)F)ncn32)CC1. The Morgan fingerprint density at radius 3 is 2.63 bits per heavy atom. The third kappa shape index (κ3) is 2.99. The lowest BCUT2D eigenvalue weighted by Crippen LogP contribution is -2.34. The molecule has 5 nitrogen and oxygen atoms in total. The van der Waals surface area contributed by atoms with Gasteiger partial charge >= 0.3 is 12.1 Å². The van der Waals surface area contributed by atoms with Crippen molar-refractivity contribution < 1.29 is 27.1 Å². The fourth-order valence-electron chi connectivity index (χ4n) is 4.02. The van der Waals surface area contributed by atoms with Crippen molar-refractivity contribution in [1.82, 2.24) is 14.5 Å². The van der Waals surface area contributed by atoms with Crippen LogP contribution in [0.3, 0.4) is 0 Å². The first-order valence-corrected chi connectivity index (χ1v) is 8.60. The highest BCUT2D eigenvalue weighted by Gasteiger charge is 2.44. The molecule has 0 aliphatic carbocycles. The molecule has 2 aliphatic rings. The second kappa shape index (κ2) is 6.33. The number of nitrogens with zero attached hydrogens (tertiary/aromatic N) is 3. The Bertz CT molecular complexity index is 885. The highest BCUT2D eigenvalue weighted by atomic mass is 19.4. The van der Waals surface area contributed by atoms with Crippen LogP contribution in [0.2, 0.25) is 0 Å². The van der Waals surface area contributed by atoms with Crippen LogP contribution in [0.4, 0.5) is 17.6 Å². The molecule has 144 valence electrons. The molecule has 1 atom stereocenters. The molecule has 27 heavy (non-hydrogen) atoms.